The molecular formula is C20H23N5O3. The maximum absolute atomic E-state index is 12.4. The van der Waals surface area contributed by atoms with Gasteiger partial charge in [-0.1, -0.05) is 30.4 Å². The van der Waals surface area contributed by atoms with E-state index >= 15 is 0 Å². The molecular weight excluding hydrogens is 358 g/mol. The number of H-pyrrole nitrogens is 1. The molecule has 146 valence electrons. The Labute approximate surface area is 162 Å². The molecule has 1 aromatic carbocycles. The third-order valence-electron chi connectivity index (χ3n) is 3.80. The molecule has 0 atom stereocenters. The number of para-hydroxylation sites is 1. The molecule has 3 aromatic rings. The van der Waals surface area contributed by atoms with Gasteiger partial charge in [0.1, 0.15) is 16.8 Å². The second kappa shape index (κ2) is 7.67. The lowest BCUT2D eigenvalue weighted by Crippen LogP contribution is -2.33. The molecule has 0 aliphatic heterocycles. The van der Waals surface area contributed by atoms with Crippen molar-refractivity contribution in [2.24, 2.45) is 0 Å². The van der Waals surface area contributed by atoms with Crippen LogP contribution in [0, 0.1) is 0 Å². The Bertz CT molecular complexity index is 1090. The first-order chi connectivity index (χ1) is 13.3. The molecule has 0 bridgehead atoms. The Balaban J connectivity index is 1.96. The summed E-state index contributed by atoms with van der Waals surface area (Å²) >= 11 is 0. The molecule has 0 aliphatic rings. The van der Waals surface area contributed by atoms with Crippen molar-refractivity contribution in [3.63, 3.8) is 0 Å². The number of aromatic nitrogens is 4. The van der Waals surface area contributed by atoms with Crippen LogP contribution >= 0.6 is 0 Å². The smallest absolute Gasteiger partial charge is 0.408 e. The quantitative estimate of drug-likeness (QED) is 0.723. The van der Waals surface area contributed by atoms with Crippen LogP contribution in [0.25, 0.3) is 22.8 Å². The predicted octanol–water partition coefficient (Wildman–Crippen LogP) is 3.17. The summed E-state index contributed by atoms with van der Waals surface area (Å²) in [4.78, 5) is 31.4. The number of carbonyl (C=O) groups is 1. The molecule has 0 spiro atoms. The minimum atomic E-state index is -0.607. The van der Waals surface area contributed by atoms with Gasteiger partial charge in [-0.25, -0.2) is 14.5 Å². The number of carbonyl (C=O) groups excluding carboxylic acids is 1. The number of nitrogens with zero attached hydrogens (tertiary/aromatic N) is 3. The van der Waals surface area contributed by atoms with E-state index in [2.05, 4.69) is 20.4 Å². The number of fused-ring (bicyclic) bond motifs is 1. The zero-order valence-corrected chi connectivity index (χ0v) is 16.3. The van der Waals surface area contributed by atoms with E-state index < -0.39 is 11.7 Å². The van der Waals surface area contributed by atoms with Crippen molar-refractivity contribution < 1.29 is 9.53 Å². The summed E-state index contributed by atoms with van der Waals surface area (Å²) < 4.78 is 6.82. The highest BCUT2D eigenvalue weighted by Crippen LogP contribution is 2.19. The Morgan fingerprint density at radius 1 is 1.32 bits per heavy atom. The van der Waals surface area contributed by atoms with Crippen LogP contribution in [0.3, 0.4) is 0 Å². The van der Waals surface area contributed by atoms with Crippen LogP contribution in [-0.2, 0) is 11.3 Å². The predicted molar refractivity (Wildman–Crippen MR) is 107 cm³/mol. The molecule has 0 aliphatic carbocycles. The fourth-order valence-corrected chi connectivity index (χ4v) is 2.69. The lowest BCUT2D eigenvalue weighted by molar-refractivity contribution is 0.0522. The van der Waals surface area contributed by atoms with Gasteiger partial charge < -0.3 is 15.0 Å². The lowest BCUT2D eigenvalue weighted by atomic mass is 10.1. The topological polar surface area (TPSA) is 102 Å². The van der Waals surface area contributed by atoms with E-state index in [9.17, 15) is 9.59 Å². The van der Waals surface area contributed by atoms with Crippen LogP contribution < -0.4 is 10.9 Å². The highest BCUT2D eigenvalue weighted by Gasteiger charge is 2.17. The summed E-state index contributed by atoms with van der Waals surface area (Å²) in [7, 11) is 0. The van der Waals surface area contributed by atoms with Gasteiger partial charge in [-0.2, -0.15) is 5.10 Å². The molecule has 0 radical (unpaired) electrons. The molecule has 0 fully saturated rings. The number of allylic oxidation sites excluding steroid dienone is 1. The van der Waals surface area contributed by atoms with Crippen LogP contribution in [0.5, 0.6) is 0 Å². The van der Waals surface area contributed by atoms with Crippen LogP contribution in [0.15, 0.2) is 41.3 Å². The molecule has 2 heterocycles. The van der Waals surface area contributed by atoms with Crippen molar-refractivity contribution in [2.75, 3.05) is 0 Å². The van der Waals surface area contributed by atoms with Gasteiger partial charge in [0, 0.05) is 0 Å². The third kappa shape index (κ3) is 4.28. The average Bonchev–Trinajstić information content (AvgIpc) is 3.04. The maximum Gasteiger partial charge on any atom is 0.408 e. The maximum atomic E-state index is 12.4. The summed E-state index contributed by atoms with van der Waals surface area (Å²) in [6.45, 7) is 7.29. The largest absolute Gasteiger partial charge is 0.444 e. The monoisotopic (exact) mass is 381 g/mol. The minimum Gasteiger partial charge on any atom is -0.444 e. The van der Waals surface area contributed by atoms with Gasteiger partial charge in [0.25, 0.3) is 5.56 Å². The van der Waals surface area contributed by atoms with Gasteiger partial charge in [0.05, 0.1) is 18.4 Å². The molecule has 0 unspecified atom stereocenters. The number of hydrogen-bond acceptors (Lipinski definition) is 5. The van der Waals surface area contributed by atoms with E-state index in [0.717, 1.165) is 11.3 Å². The highest BCUT2D eigenvalue weighted by atomic mass is 16.6. The number of alkyl carbamates (subject to hydrolysis) is 1. The van der Waals surface area contributed by atoms with E-state index in [1.54, 1.807) is 25.5 Å². The summed E-state index contributed by atoms with van der Waals surface area (Å²) in [5.74, 6) is 0.314. The highest BCUT2D eigenvalue weighted by molar-refractivity contribution is 5.76. The summed E-state index contributed by atoms with van der Waals surface area (Å²) in [5, 5.41) is 7.31. The summed E-state index contributed by atoms with van der Waals surface area (Å²) in [6, 6.07) is 7.69. The van der Waals surface area contributed by atoms with Gasteiger partial charge in [-0.15, -0.1) is 0 Å². The summed E-state index contributed by atoms with van der Waals surface area (Å²) in [5.41, 5.74) is 1.25. The molecule has 28 heavy (non-hydrogen) atoms. The number of ether oxygens (including phenoxy) is 1. The average molecular weight is 381 g/mol. The molecule has 8 heteroatoms. The number of amides is 1. The van der Waals surface area contributed by atoms with Gasteiger partial charge in [-0.3, -0.25) is 4.79 Å². The number of hydrogen-bond donors (Lipinski definition) is 2. The third-order valence-corrected chi connectivity index (χ3v) is 3.80. The fourth-order valence-electron chi connectivity index (χ4n) is 2.69. The first-order valence-electron chi connectivity index (χ1n) is 8.94. The van der Waals surface area contributed by atoms with Crippen LogP contribution in [0.4, 0.5) is 4.79 Å². The van der Waals surface area contributed by atoms with Crippen molar-refractivity contribution in [3.8, 4) is 5.69 Å². The van der Waals surface area contributed by atoms with Gasteiger partial charge in [0.15, 0.2) is 5.65 Å². The van der Waals surface area contributed by atoms with Crippen molar-refractivity contribution in [3.05, 3.63) is 58.3 Å². The van der Waals surface area contributed by atoms with Crippen molar-refractivity contribution in [1.82, 2.24) is 25.1 Å². The number of aromatic amines is 1. The molecule has 0 saturated carbocycles. The summed E-state index contributed by atoms with van der Waals surface area (Å²) in [6.07, 6.45) is 4.79. The van der Waals surface area contributed by atoms with Crippen LogP contribution in [0.1, 0.15) is 39.1 Å². The zero-order valence-electron chi connectivity index (χ0n) is 16.3. The molecule has 1 amide bonds. The normalized spacial score (nSPS) is 11.9. The number of nitrogens with one attached hydrogen (secondary N) is 2. The number of rotatable bonds is 4. The molecule has 2 aromatic heterocycles. The van der Waals surface area contributed by atoms with Gasteiger partial charge >= 0.3 is 6.09 Å². The second-order valence-corrected chi connectivity index (χ2v) is 7.22. The van der Waals surface area contributed by atoms with Gasteiger partial charge in [-0.05, 0) is 39.3 Å². The second-order valence-electron chi connectivity index (χ2n) is 7.22. The molecule has 8 nitrogen and oxygen atoms in total. The van der Waals surface area contributed by atoms with E-state index in [1.807, 2.05) is 43.3 Å². The Kier molecular flexibility index (Phi) is 5.30. The van der Waals surface area contributed by atoms with E-state index in [1.165, 1.54) is 6.20 Å². The fraction of sp³-hybridized carbons (Fsp3) is 0.300. The first-order valence-corrected chi connectivity index (χ1v) is 8.94. The first kappa shape index (κ1) is 19.3. The zero-order chi connectivity index (χ0) is 20.3. The van der Waals surface area contributed by atoms with Crippen LogP contribution in [0.2, 0.25) is 0 Å². The van der Waals surface area contributed by atoms with Crippen molar-refractivity contribution in [2.45, 2.75) is 39.8 Å². The van der Waals surface area contributed by atoms with E-state index in [-0.39, 0.29) is 12.1 Å². The van der Waals surface area contributed by atoms with Crippen molar-refractivity contribution in [1.29, 1.82) is 0 Å². The van der Waals surface area contributed by atoms with Crippen LogP contribution in [-0.4, -0.2) is 31.4 Å². The molecule has 3 rings (SSSR count). The Morgan fingerprint density at radius 2 is 2.07 bits per heavy atom. The van der Waals surface area contributed by atoms with E-state index in [0.29, 0.717) is 16.9 Å². The van der Waals surface area contributed by atoms with Crippen molar-refractivity contribution >= 4 is 23.2 Å². The molecule has 0 saturated heterocycles. The van der Waals surface area contributed by atoms with Gasteiger partial charge in [0.2, 0.25) is 0 Å². The SMILES string of the molecule is C/C=C/c1ccccc1-n1ncc2c(=O)[nH]c(CNC(=O)OC(C)(C)C)nc21. The number of benzene rings is 1. The Hall–Kier alpha value is -3.42. The minimum absolute atomic E-state index is 0.0295. The molecule has 2 N–H and O–H groups in total. The lowest BCUT2D eigenvalue weighted by Gasteiger charge is -2.19. The standard InChI is InChI=1S/C20H23N5O3/c1-5-8-13-9-6-7-10-15(13)25-17-14(11-22-25)18(26)24-16(23-17)12-21-19(27)28-20(2,3)4/h5-11H,12H2,1-4H3,(H,21,27)(H,23,24,26)/b8-5+. The Morgan fingerprint density at radius 3 is 2.79 bits per heavy atom. The van der Waals surface area contributed by atoms with E-state index in [4.69, 9.17) is 4.74 Å².